The third-order valence-electron chi connectivity index (χ3n) is 5.06. The van der Waals surface area contributed by atoms with Crippen LogP contribution in [-0.4, -0.2) is 11.5 Å². The molecule has 0 fully saturated rings. The average Bonchev–Trinajstić information content (AvgIpc) is 2.80. The molecule has 26 heavy (non-hydrogen) atoms. The molecule has 0 bridgehead atoms. The zero-order valence-corrected chi connectivity index (χ0v) is 24.0. The summed E-state index contributed by atoms with van der Waals surface area (Å²) >= 11 is 3.00. The first kappa shape index (κ1) is 21.7. The van der Waals surface area contributed by atoms with Crippen LogP contribution in [0.4, 0.5) is 0 Å². The molecule has 0 radical (unpaired) electrons. The second kappa shape index (κ2) is 7.07. The van der Waals surface area contributed by atoms with Crippen LogP contribution in [0.5, 0.6) is 0 Å². The van der Waals surface area contributed by atoms with Gasteiger partial charge >= 0.3 is 185 Å². The van der Waals surface area contributed by atoms with Crippen LogP contribution in [0.15, 0.2) is 39.3 Å². The average molecular weight is 616 g/mol. The van der Waals surface area contributed by atoms with Gasteiger partial charge in [-0.25, -0.2) is 0 Å². The van der Waals surface area contributed by atoms with Crippen molar-refractivity contribution < 1.29 is 15.8 Å². The Balaban J connectivity index is 2.30. The third kappa shape index (κ3) is 3.76. The van der Waals surface area contributed by atoms with E-state index in [9.17, 15) is 0 Å². The van der Waals surface area contributed by atoms with Gasteiger partial charge in [0, 0.05) is 0 Å². The second-order valence-corrected chi connectivity index (χ2v) is 49.9. The van der Waals surface area contributed by atoms with E-state index in [1.54, 1.807) is 0 Å². The van der Waals surface area contributed by atoms with Crippen molar-refractivity contribution in [2.75, 3.05) is 0 Å². The van der Waals surface area contributed by atoms with E-state index in [1.807, 2.05) is 0 Å². The Morgan fingerprint density at radius 1 is 1.04 bits per heavy atom. The SMILES string of the molecule is C[SiH](C)[Zr]([Cl])([Cl])([NH]C(C)(C)C)[c]1c(Br)ccc2c1Cc1cc(Br)ccc1-2. The van der Waals surface area contributed by atoms with Gasteiger partial charge in [-0.2, -0.15) is 0 Å². The molecular weight excluding hydrogens is 592 g/mol. The van der Waals surface area contributed by atoms with Gasteiger partial charge < -0.3 is 0 Å². The van der Waals surface area contributed by atoms with Gasteiger partial charge in [-0.1, -0.05) is 0 Å². The van der Waals surface area contributed by atoms with E-state index < -0.39 is 21.8 Å². The first-order valence-corrected chi connectivity index (χ1v) is 26.3. The van der Waals surface area contributed by atoms with E-state index in [4.69, 9.17) is 17.0 Å². The van der Waals surface area contributed by atoms with Gasteiger partial charge in [-0.3, -0.25) is 0 Å². The number of benzene rings is 2. The van der Waals surface area contributed by atoms with E-state index in [0.717, 1.165) is 15.4 Å². The van der Waals surface area contributed by atoms with Gasteiger partial charge in [0.2, 0.25) is 0 Å². The molecule has 0 amide bonds. The molecule has 0 unspecified atom stereocenters. The fourth-order valence-corrected chi connectivity index (χ4v) is 34.3. The molecule has 1 nitrogen and oxygen atoms in total. The molecule has 0 atom stereocenters. The molecule has 1 N–H and O–H groups in total. The first-order chi connectivity index (χ1) is 11.8. The molecule has 0 heterocycles. The van der Waals surface area contributed by atoms with Crippen molar-refractivity contribution in [3.63, 3.8) is 0 Å². The molecule has 1 aliphatic rings. The minimum absolute atomic E-state index is 0.136. The Kier molecular flexibility index (Phi) is 5.92. The number of halogens is 4. The van der Waals surface area contributed by atoms with Gasteiger partial charge in [0.05, 0.1) is 0 Å². The molecule has 2 aromatic carbocycles. The van der Waals surface area contributed by atoms with Gasteiger partial charge in [0.1, 0.15) is 0 Å². The summed E-state index contributed by atoms with van der Waals surface area (Å²) in [6.07, 6.45) is 0.884. The van der Waals surface area contributed by atoms with E-state index in [2.05, 4.69) is 99.3 Å². The van der Waals surface area contributed by atoms with Crippen LogP contribution in [-0.2, 0) is 22.3 Å². The predicted molar refractivity (Wildman–Crippen MR) is 123 cm³/mol. The fourth-order valence-electron chi connectivity index (χ4n) is 3.90. The van der Waals surface area contributed by atoms with Crippen LogP contribution < -0.4 is 6.53 Å². The topological polar surface area (TPSA) is 12.0 Å². The van der Waals surface area contributed by atoms with Crippen molar-refractivity contribution >= 4 is 58.1 Å². The maximum atomic E-state index is 7.59. The molecule has 141 valence electrons. The quantitative estimate of drug-likeness (QED) is 0.324. The monoisotopic (exact) mass is 612 g/mol. The van der Waals surface area contributed by atoms with E-state index in [-0.39, 0.29) is 5.54 Å². The van der Waals surface area contributed by atoms with Crippen molar-refractivity contribution in [3.8, 4) is 11.1 Å². The summed E-state index contributed by atoms with van der Waals surface area (Å²) in [5.41, 5.74) is 5.07. The summed E-state index contributed by atoms with van der Waals surface area (Å²) in [5.74, 6) is -1.42. The molecule has 7 heteroatoms. The molecule has 2 aromatic rings. The number of hydrogen-bond acceptors (Lipinski definition) is 1. The molecule has 1 aliphatic carbocycles. The van der Waals surface area contributed by atoms with Crippen molar-refractivity contribution in [1.82, 2.24) is 3.26 Å². The van der Waals surface area contributed by atoms with Gasteiger partial charge in [-0.15, -0.1) is 0 Å². The summed E-state index contributed by atoms with van der Waals surface area (Å²) in [6.45, 7) is 11.0. The first-order valence-electron chi connectivity index (χ1n) is 8.81. The van der Waals surface area contributed by atoms with E-state index in [1.165, 1.54) is 25.5 Å². The standard InChI is InChI=1S/C13H7Br2.C4H10N.C2H7Si.2ClH.Zr/c14-10-1-3-12-8(6-10)5-9-7-11(15)2-4-13(9)12;1-4(2,3)5;1-3-2;;;/h1-4,6H,5H2;5H,1-3H3;3H,1-2H3;2*1H;/q;-1;;;;+3/p-2. The van der Waals surface area contributed by atoms with Crippen molar-refractivity contribution in [1.29, 1.82) is 0 Å². The van der Waals surface area contributed by atoms with Crippen LogP contribution in [0.1, 0.15) is 31.9 Å². The molecule has 0 saturated carbocycles. The summed E-state index contributed by atoms with van der Waals surface area (Å²) in [6, 6.07) is 10.8. The van der Waals surface area contributed by atoms with Gasteiger partial charge in [0.25, 0.3) is 0 Å². The van der Waals surface area contributed by atoms with Crippen LogP contribution >= 0.6 is 48.9 Å². The van der Waals surface area contributed by atoms with Crippen LogP contribution in [0.2, 0.25) is 13.1 Å². The molecule has 0 aromatic heterocycles. The zero-order valence-electron chi connectivity index (χ0n) is 15.7. The second-order valence-electron chi connectivity index (χ2n) is 8.54. The number of hydrogen-bond donors (Lipinski definition) is 1. The number of fused-ring (bicyclic) bond motifs is 3. The van der Waals surface area contributed by atoms with Crippen LogP contribution in [0.25, 0.3) is 11.1 Å². The molecule has 0 saturated heterocycles. The number of nitrogens with one attached hydrogen (secondary N) is 1. The van der Waals surface area contributed by atoms with Gasteiger partial charge in [-0.05, 0) is 0 Å². The molecular formula is C19H24Br2Cl2NSiZr. The van der Waals surface area contributed by atoms with E-state index in [0.29, 0.717) is 0 Å². The van der Waals surface area contributed by atoms with Crippen molar-refractivity contribution in [2.45, 2.75) is 45.8 Å². The Hall–Kier alpha value is 1.04. The molecule has 3 rings (SSSR count). The number of rotatable bonds is 3. The summed E-state index contributed by atoms with van der Waals surface area (Å²) in [7, 11) is 15.2. The van der Waals surface area contributed by atoms with Crippen molar-refractivity contribution in [2.24, 2.45) is 0 Å². The normalized spacial score (nSPS) is 15.5. The summed E-state index contributed by atoms with van der Waals surface area (Å²) in [4.78, 5) is 0. The Bertz CT molecular complexity index is 894. The predicted octanol–water partition coefficient (Wildman–Crippen LogP) is 6.69. The fraction of sp³-hybridized carbons (Fsp3) is 0.368. The van der Waals surface area contributed by atoms with Crippen LogP contribution in [0, 0.1) is 0 Å². The molecule has 0 spiro atoms. The van der Waals surface area contributed by atoms with Gasteiger partial charge in [0.15, 0.2) is 0 Å². The maximum absolute atomic E-state index is 7.59. The summed E-state index contributed by atoms with van der Waals surface area (Å²) in [5, 5.41) is 0. The van der Waals surface area contributed by atoms with E-state index >= 15 is 0 Å². The zero-order chi connectivity index (χ0) is 19.5. The Morgan fingerprint density at radius 2 is 1.65 bits per heavy atom. The molecule has 0 aliphatic heterocycles. The third-order valence-corrected chi connectivity index (χ3v) is 52.1. The summed E-state index contributed by atoms with van der Waals surface area (Å²) < 4.78 is 7.15. The Morgan fingerprint density at radius 3 is 2.23 bits per heavy atom. The minimum atomic E-state index is -4.42. The van der Waals surface area contributed by atoms with Crippen molar-refractivity contribution in [3.05, 3.63) is 50.4 Å². The van der Waals surface area contributed by atoms with Crippen LogP contribution in [0.3, 0.4) is 0 Å². The Labute approximate surface area is 182 Å².